The van der Waals surface area contributed by atoms with Gasteiger partial charge in [-0.05, 0) is 37.8 Å². The van der Waals surface area contributed by atoms with E-state index in [9.17, 15) is 4.79 Å². The molecule has 1 unspecified atom stereocenters. The SMILES string of the molecule is CC(N)C(C)(C)NC(=O)c1ccccc1C(C)(C)C. The van der Waals surface area contributed by atoms with Gasteiger partial charge < -0.3 is 11.1 Å². The second-order valence-corrected chi connectivity index (χ2v) is 6.76. The van der Waals surface area contributed by atoms with Crippen molar-refractivity contribution in [3.63, 3.8) is 0 Å². The molecule has 0 aliphatic rings. The van der Waals surface area contributed by atoms with Gasteiger partial charge in [-0.2, -0.15) is 0 Å². The molecule has 1 aromatic carbocycles. The van der Waals surface area contributed by atoms with Crippen molar-refractivity contribution in [2.24, 2.45) is 5.73 Å². The van der Waals surface area contributed by atoms with E-state index < -0.39 is 5.54 Å². The molecule has 0 radical (unpaired) electrons. The summed E-state index contributed by atoms with van der Waals surface area (Å²) in [5.74, 6) is -0.0622. The molecule has 0 saturated carbocycles. The fraction of sp³-hybridized carbons (Fsp3) is 0.562. The molecule has 1 atom stereocenters. The van der Waals surface area contributed by atoms with Gasteiger partial charge in [0.25, 0.3) is 5.91 Å². The minimum atomic E-state index is -0.428. The Hall–Kier alpha value is -1.35. The second-order valence-electron chi connectivity index (χ2n) is 6.76. The molecule has 1 rings (SSSR count). The zero-order chi connectivity index (χ0) is 14.8. The fourth-order valence-electron chi connectivity index (χ4n) is 1.81. The first-order valence-corrected chi connectivity index (χ1v) is 6.73. The Morgan fingerprint density at radius 3 is 2.16 bits per heavy atom. The lowest BCUT2D eigenvalue weighted by Crippen LogP contribution is -2.54. The number of benzene rings is 1. The normalized spacial score (nSPS) is 14.1. The lowest BCUT2D eigenvalue weighted by atomic mass is 9.83. The first-order chi connectivity index (χ1) is 8.55. The summed E-state index contributed by atoms with van der Waals surface area (Å²) in [7, 11) is 0. The zero-order valence-electron chi connectivity index (χ0n) is 12.9. The van der Waals surface area contributed by atoms with Crippen LogP contribution in [0.15, 0.2) is 24.3 Å². The molecule has 19 heavy (non-hydrogen) atoms. The summed E-state index contributed by atoms with van der Waals surface area (Å²) in [5.41, 5.74) is 7.19. The van der Waals surface area contributed by atoms with Crippen molar-refractivity contribution in [1.82, 2.24) is 5.32 Å². The summed E-state index contributed by atoms with van der Waals surface area (Å²) in [6.07, 6.45) is 0. The summed E-state index contributed by atoms with van der Waals surface area (Å²) in [6.45, 7) is 12.1. The molecule has 0 heterocycles. The highest BCUT2D eigenvalue weighted by atomic mass is 16.1. The molecule has 3 N–H and O–H groups in total. The van der Waals surface area contributed by atoms with Crippen molar-refractivity contribution in [1.29, 1.82) is 0 Å². The van der Waals surface area contributed by atoms with Gasteiger partial charge in [-0.25, -0.2) is 0 Å². The molecule has 3 nitrogen and oxygen atoms in total. The van der Waals surface area contributed by atoms with E-state index in [1.54, 1.807) is 0 Å². The molecule has 0 spiro atoms. The number of hydrogen-bond acceptors (Lipinski definition) is 2. The van der Waals surface area contributed by atoms with Crippen molar-refractivity contribution in [2.45, 2.75) is 58.5 Å². The van der Waals surface area contributed by atoms with Gasteiger partial charge in [-0.3, -0.25) is 4.79 Å². The summed E-state index contributed by atoms with van der Waals surface area (Å²) in [4.78, 5) is 12.5. The summed E-state index contributed by atoms with van der Waals surface area (Å²) in [5, 5.41) is 3.02. The van der Waals surface area contributed by atoms with Crippen molar-refractivity contribution in [3.8, 4) is 0 Å². The van der Waals surface area contributed by atoms with E-state index >= 15 is 0 Å². The van der Waals surface area contributed by atoms with Gasteiger partial charge in [0.15, 0.2) is 0 Å². The minimum absolute atomic E-state index is 0.0622. The van der Waals surface area contributed by atoms with Gasteiger partial charge in [0, 0.05) is 17.1 Å². The Labute approximate surface area is 116 Å². The average molecular weight is 262 g/mol. The number of rotatable bonds is 3. The van der Waals surface area contributed by atoms with E-state index in [0.717, 1.165) is 11.1 Å². The van der Waals surface area contributed by atoms with Crippen molar-refractivity contribution in [3.05, 3.63) is 35.4 Å². The molecular formula is C16H26N2O. The molecule has 0 bridgehead atoms. The summed E-state index contributed by atoms with van der Waals surface area (Å²) in [6, 6.07) is 7.62. The smallest absolute Gasteiger partial charge is 0.252 e. The summed E-state index contributed by atoms with van der Waals surface area (Å²) < 4.78 is 0. The van der Waals surface area contributed by atoms with Gasteiger partial charge in [0.05, 0.1) is 0 Å². The first kappa shape index (κ1) is 15.7. The third-order valence-electron chi connectivity index (χ3n) is 3.55. The van der Waals surface area contributed by atoms with Crippen molar-refractivity contribution >= 4 is 5.91 Å². The maximum absolute atomic E-state index is 12.5. The van der Waals surface area contributed by atoms with Crippen LogP contribution in [0.25, 0.3) is 0 Å². The van der Waals surface area contributed by atoms with E-state index in [4.69, 9.17) is 5.73 Å². The molecule has 0 aliphatic heterocycles. The largest absolute Gasteiger partial charge is 0.346 e. The first-order valence-electron chi connectivity index (χ1n) is 6.73. The monoisotopic (exact) mass is 262 g/mol. The average Bonchev–Trinajstić information content (AvgIpc) is 2.27. The summed E-state index contributed by atoms with van der Waals surface area (Å²) >= 11 is 0. The van der Waals surface area contributed by atoms with Crippen LogP contribution in [0, 0.1) is 0 Å². The van der Waals surface area contributed by atoms with Gasteiger partial charge >= 0.3 is 0 Å². The topological polar surface area (TPSA) is 55.1 Å². The molecule has 0 saturated heterocycles. The number of carbonyl (C=O) groups excluding carboxylic acids is 1. The van der Waals surface area contributed by atoms with E-state index in [0.29, 0.717) is 0 Å². The van der Waals surface area contributed by atoms with Gasteiger partial charge in [-0.15, -0.1) is 0 Å². The van der Waals surface area contributed by atoms with Crippen LogP contribution in [0.1, 0.15) is 57.5 Å². The highest BCUT2D eigenvalue weighted by molar-refractivity contribution is 5.96. The van der Waals surface area contributed by atoms with Crippen LogP contribution in [-0.4, -0.2) is 17.5 Å². The maximum atomic E-state index is 12.5. The van der Waals surface area contributed by atoms with Gasteiger partial charge in [0.1, 0.15) is 0 Å². The van der Waals surface area contributed by atoms with Crippen LogP contribution in [0.2, 0.25) is 0 Å². The fourth-order valence-corrected chi connectivity index (χ4v) is 1.81. The highest BCUT2D eigenvalue weighted by Crippen LogP contribution is 2.26. The number of nitrogens with one attached hydrogen (secondary N) is 1. The van der Waals surface area contributed by atoms with Crippen LogP contribution < -0.4 is 11.1 Å². The van der Waals surface area contributed by atoms with Crippen LogP contribution in [0.3, 0.4) is 0 Å². The lowest BCUT2D eigenvalue weighted by molar-refractivity contribution is 0.0901. The number of carbonyl (C=O) groups is 1. The Balaban J connectivity index is 3.08. The predicted octanol–water partition coefficient (Wildman–Crippen LogP) is 2.84. The minimum Gasteiger partial charge on any atom is -0.346 e. The van der Waals surface area contributed by atoms with Crippen LogP contribution in [0.4, 0.5) is 0 Å². The Bertz CT molecular complexity index is 456. The number of hydrogen-bond donors (Lipinski definition) is 2. The molecule has 0 aromatic heterocycles. The Kier molecular flexibility index (Phi) is 4.41. The van der Waals surface area contributed by atoms with E-state index in [1.165, 1.54) is 0 Å². The molecule has 0 fully saturated rings. The third kappa shape index (κ3) is 3.80. The maximum Gasteiger partial charge on any atom is 0.252 e. The van der Waals surface area contributed by atoms with Crippen LogP contribution >= 0.6 is 0 Å². The Morgan fingerprint density at radius 2 is 1.68 bits per heavy atom. The van der Waals surface area contributed by atoms with Crippen LogP contribution in [0.5, 0.6) is 0 Å². The van der Waals surface area contributed by atoms with Gasteiger partial charge in [-0.1, -0.05) is 39.0 Å². The van der Waals surface area contributed by atoms with E-state index in [1.807, 2.05) is 45.0 Å². The van der Waals surface area contributed by atoms with Gasteiger partial charge in [0.2, 0.25) is 0 Å². The quantitative estimate of drug-likeness (QED) is 0.880. The van der Waals surface area contributed by atoms with Crippen LogP contribution in [-0.2, 0) is 5.41 Å². The lowest BCUT2D eigenvalue weighted by Gasteiger charge is -2.31. The molecule has 106 valence electrons. The number of amides is 1. The number of nitrogens with two attached hydrogens (primary N) is 1. The highest BCUT2D eigenvalue weighted by Gasteiger charge is 2.28. The molecule has 1 amide bonds. The Morgan fingerprint density at radius 1 is 1.16 bits per heavy atom. The molecule has 3 heteroatoms. The zero-order valence-corrected chi connectivity index (χ0v) is 12.9. The standard InChI is InChI=1S/C16H26N2O/c1-11(17)16(5,6)18-14(19)12-9-7-8-10-13(12)15(2,3)4/h7-11H,17H2,1-6H3,(H,18,19). The molecule has 0 aliphatic carbocycles. The second kappa shape index (κ2) is 5.33. The molecular weight excluding hydrogens is 236 g/mol. The third-order valence-corrected chi connectivity index (χ3v) is 3.55. The van der Waals surface area contributed by atoms with E-state index in [-0.39, 0.29) is 17.4 Å². The predicted molar refractivity (Wildman–Crippen MR) is 80.3 cm³/mol. The van der Waals surface area contributed by atoms with E-state index in [2.05, 4.69) is 26.1 Å². The van der Waals surface area contributed by atoms with Crippen molar-refractivity contribution in [2.75, 3.05) is 0 Å². The molecule has 1 aromatic rings. The van der Waals surface area contributed by atoms with Crippen molar-refractivity contribution < 1.29 is 4.79 Å².